The van der Waals surface area contributed by atoms with Gasteiger partial charge in [-0.25, -0.2) is 4.79 Å². The molecule has 0 radical (unpaired) electrons. The van der Waals surface area contributed by atoms with Gasteiger partial charge in [0.05, 0.1) is 31.6 Å². The van der Waals surface area contributed by atoms with Crippen LogP contribution in [0.5, 0.6) is 5.75 Å². The molecule has 0 bridgehead atoms. The van der Waals surface area contributed by atoms with Crippen LogP contribution in [0.2, 0.25) is 0 Å². The summed E-state index contributed by atoms with van der Waals surface area (Å²) in [5.41, 5.74) is 3.11. The molecule has 154 valence electrons. The van der Waals surface area contributed by atoms with Gasteiger partial charge in [-0.3, -0.25) is 4.79 Å². The molecule has 1 aliphatic rings. The third-order valence-electron chi connectivity index (χ3n) is 4.81. The lowest BCUT2D eigenvalue weighted by atomic mass is 10.1. The van der Waals surface area contributed by atoms with E-state index in [4.69, 9.17) is 14.2 Å². The molecule has 0 aliphatic carbocycles. The van der Waals surface area contributed by atoms with E-state index >= 15 is 0 Å². The molecule has 2 aromatic carbocycles. The molecule has 2 N–H and O–H groups in total. The van der Waals surface area contributed by atoms with Crippen LogP contribution in [0, 0.1) is 6.92 Å². The second-order valence-electron chi connectivity index (χ2n) is 7.06. The second kappa shape index (κ2) is 10.0. The number of anilines is 1. The number of rotatable bonds is 7. The molecule has 2 aromatic rings. The molecule has 1 fully saturated rings. The summed E-state index contributed by atoms with van der Waals surface area (Å²) >= 11 is 0. The summed E-state index contributed by atoms with van der Waals surface area (Å²) in [6, 6.07) is 12.8. The van der Waals surface area contributed by atoms with E-state index in [1.807, 2.05) is 25.1 Å². The number of aryl methyl sites for hydroxylation is 1. The fraction of sp³-hybridized carbons (Fsp3) is 0.364. The van der Waals surface area contributed by atoms with Crippen LogP contribution in [-0.2, 0) is 20.8 Å². The Morgan fingerprint density at radius 1 is 1.10 bits per heavy atom. The van der Waals surface area contributed by atoms with Crippen LogP contribution >= 0.6 is 0 Å². The molecule has 0 spiro atoms. The second-order valence-corrected chi connectivity index (χ2v) is 7.06. The van der Waals surface area contributed by atoms with Gasteiger partial charge in [0.15, 0.2) is 6.61 Å². The molecule has 1 amide bonds. The Kier molecular flexibility index (Phi) is 7.21. The number of carbonyl (C=O) groups is 2. The minimum atomic E-state index is -0.526. The smallest absolute Gasteiger partial charge is 0.338 e. The molecule has 7 nitrogen and oxygen atoms in total. The lowest BCUT2D eigenvalue weighted by molar-refractivity contribution is -0.921. The molecular weight excluding hydrogens is 372 g/mol. The molecule has 1 aliphatic heterocycles. The van der Waals surface area contributed by atoms with Crippen molar-refractivity contribution in [3.05, 3.63) is 59.2 Å². The highest BCUT2D eigenvalue weighted by Gasteiger charge is 2.15. The predicted molar refractivity (Wildman–Crippen MR) is 108 cm³/mol. The fourth-order valence-corrected chi connectivity index (χ4v) is 3.20. The van der Waals surface area contributed by atoms with E-state index in [9.17, 15) is 9.59 Å². The standard InChI is InChI=1S/C22H26N2O5/c1-16-3-8-20(27-2)19(13-16)23-21(25)15-29-22(26)18-6-4-17(5-7-18)14-24-9-11-28-12-10-24/h3-8,13H,9-12,14-15H2,1-2H3,(H,23,25)/p+1. The van der Waals surface area contributed by atoms with Crippen molar-refractivity contribution in [2.45, 2.75) is 13.5 Å². The first-order chi connectivity index (χ1) is 14.0. The SMILES string of the molecule is COc1ccc(C)cc1NC(=O)COC(=O)c1ccc(C[NH+]2CCOCC2)cc1. The fourth-order valence-electron chi connectivity index (χ4n) is 3.20. The van der Waals surface area contributed by atoms with Gasteiger partial charge in [-0.05, 0) is 36.8 Å². The van der Waals surface area contributed by atoms with Crippen molar-refractivity contribution in [1.29, 1.82) is 0 Å². The van der Waals surface area contributed by atoms with E-state index in [0.29, 0.717) is 17.0 Å². The number of benzene rings is 2. The lowest BCUT2D eigenvalue weighted by Gasteiger charge is -2.23. The van der Waals surface area contributed by atoms with Crippen LogP contribution in [-0.4, -0.2) is 51.9 Å². The number of esters is 1. The Hall–Kier alpha value is -2.90. The third-order valence-corrected chi connectivity index (χ3v) is 4.81. The molecule has 0 saturated carbocycles. The van der Waals surface area contributed by atoms with E-state index in [-0.39, 0.29) is 6.61 Å². The number of nitrogens with one attached hydrogen (secondary N) is 2. The highest BCUT2D eigenvalue weighted by molar-refractivity contribution is 5.96. The van der Waals surface area contributed by atoms with E-state index < -0.39 is 11.9 Å². The molecule has 1 saturated heterocycles. The number of methoxy groups -OCH3 is 1. The van der Waals surface area contributed by atoms with Gasteiger partial charge in [0.1, 0.15) is 25.4 Å². The average molecular weight is 399 g/mol. The van der Waals surface area contributed by atoms with Crippen LogP contribution in [0.3, 0.4) is 0 Å². The monoisotopic (exact) mass is 399 g/mol. The summed E-state index contributed by atoms with van der Waals surface area (Å²) < 4.78 is 15.7. The van der Waals surface area contributed by atoms with Crippen molar-refractivity contribution in [3.63, 3.8) is 0 Å². The predicted octanol–water partition coefficient (Wildman–Crippen LogP) is 1.21. The largest absolute Gasteiger partial charge is 0.495 e. The van der Waals surface area contributed by atoms with Crippen molar-refractivity contribution in [3.8, 4) is 5.75 Å². The molecule has 0 aromatic heterocycles. The number of ether oxygens (including phenoxy) is 3. The average Bonchev–Trinajstić information content (AvgIpc) is 2.73. The summed E-state index contributed by atoms with van der Waals surface area (Å²) in [6.07, 6.45) is 0. The molecule has 0 atom stereocenters. The number of amides is 1. The minimum absolute atomic E-state index is 0.365. The number of quaternary nitrogens is 1. The number of morpholine rings is 1. The van der Waals surface area contributed by atoms with Crippen molar-refractivity contribution >= 4 is 17.6 Å². The summed E-state index contributed by atoms with van der Waals surface area (Å²) in [7, 11) is 1.53. The number of carbonyl (C=O) groups excluding carboxylic acids is 2. The maximum atomic E-state index is 12.2. The highest BCUT2D eigenvalue weighted by atomic mass is 16.5. The van der Waals surface area contributed by atoms with Gasteiger partial charge in [0, 0.05) is 5.56 Å². The van der Waals surface area contributed by atoms with Gasteiger partial charge in [-0.1, -0.05) is 18.2 Å². The van der Waals surface area contributed by atoms with Crippen molar-refractivity contribution < 1.29 is 28.7 Å². The number of hydrogen-bond donors (Lipinski definition) is 2. The van der Waals surface area contributed by atoms with E-state index in [1.54, 1.807) is 24.3 Å². The molecule has 1 heterocycles. The van der Waals surface area contributed by atoms with E-state index in [1.165, 1.54) is 12.0 Å². The molecule has 3 rings (SSSR count). The van der Waals surface area contributed by atoms with E-state index in [0.717, 1.165) is 44.0 Å². The summed E-state index contributed by atoms with van der Waals surface area (Å²) in [5.74, 6) is -0.398. The zero-order chi connectivity index (χ0) is 20.6. The van der Waals surface area contributed by atoms with Crippen LogP contribution < -0.4 is 15.0 Å². The first-order valence-corrected chi connectivity index (χ1v) is 9.67. The van der Waals surface area contributed by atoms with Crippen molar-refractivity contribution in [1.82, 2.24) is 0 Å². The maximum Gasteiger partial charge on any atom is 0.338 e. The van der Waals surface area contributed by atoms with Gasteiger partial charge < -0.3 is 24.4 Å². The van der Waals surface area contributed by atoms with Gasteiger partial charge in [0.25, 0.3) is 5.91 Å². The minimum Gasteiger partial charge on any atom is -0.495 e. The molecule has 0 unspecified atom stereocenters. The van der Waals surface area contributed by atoms with Crippen molar-refractivity contribution in [2.75, 3.05) is 45.3 Å². The Morgan fingerprint density at radius 2 is 1.83 bits per heavy atom. The van der Waals surface area contributed by atoms with Crippen LogP contribution in [0.4, 0.5) is 5.69 Å². The van der Waals surface area contributed by atoms with E-state index in [2.05, 4.69) is 5.32 Å². The van der Waals surface area contributed by atoms with Gasteiger partial charge in [0.2, 0.25) is 0 Å². The lowest BCUT2D eigenvalue weighted by Crippen LogP contribution is -3.12. The first kappa shape index (κ1) is 20.8. The Balaban J connectivity index is 1.49. The Morgan fingerprint density at radius 3 is 2.52 bits per heavy atom. The molecule has 7 heteroatoms. The molecule has 29 heavy (non-hydrogen) atoms. The first-order valence-electron chi connectivity index (χ1n) is 9.67. The van der Waals surface area contributed by atoms with Gasteiger partial charge >= 0.3 is 5.97 Å². The Bertz CT molecular complexity index is 845. The summed E-state index contributed by atoms with van der Waals surface area (Å²) in [6.45, 7) is 6.01. The van der Waals surface area contributed by atoms with Gasteiger partial charge in [-0.2, -0.15) is 0 Å². The normalized spacial score (nSPS) is 14.3. The zero-order valence-electron chi connectivity index (χ0n) is 16.8. The van der Waals surface area contributed by atoms with Crippen LogP contribution in [0.1, 0.15) is 21.5 Å². The van der Waals surface area contributed by atoms with Crippen LogP contribution in [0.25, 0.3) is 0 Å². The molecular formula is C22H27N2O5+. The topological polar surface area (TPSA) is 78.3 Å². The van der Waals surface area contributed by atoms with Gasteiger partial charge in [-0.15, -0.1) is 0 Å². The Labute approximate surface area is 170 Å². The summed E-state index contributed by atoms with van der Waals surface area (Å²) in [5, 5.41) is 2.71. The van der Waals surface area contributed by atoms with Crippen LogP contribution in [0.15, 0.2) is 42.5 Å². The summed E-state index contributed by atoms with van der Waals surface area (Å²) in [4.78, 5) is 25.8. The third kappa shape index (κ3) is 6.04. The highest BCUT2D eigenvalue weighted by Crippen LogP contribution is 2.25. The number of hydrogen-bond acceptors (Lipinski definition) is 5. The quantitative estimate of drug-likeness (QED) is 0.685. The zero-order valence-corrected chi connectivity index (χ0v) is 16.8. The van der Waals surface area contributed by atoms with Crippen molar-refractivity contribution in [2.24, 2.45) is 0 Å². The maximum absolute atomic E-state index is 12.2.